The van der Waals surface area contributed by atoms with E-state index in [0.717, 1.165) is 18.2 Å². The molecule has 7 heteroatoms. The van der Waals surface area contributed by atoms with Crippen LogP contribution in [0.2, 0.25) is 0 Å². The molecule has 0 saturated carbocycles. The molecule has 0 radical (unpaired) electrons. The average molecular weight is 269 g/mol. The molecule has 1 aromatic rings. The molecule has 1 unspecified atom stereocenters. The summed E-state index contributed by atoms with van der Waals surface area (Å²) in [7, 11) is 0. The maximum atomic E-state index is 10.8. The van der Waals surface area contributed by atoms with Crippen LogP contribution in [-0.2, 0) is 0 Å². The van der Waals surface area contributed by atoms with Gasteiger partial charge in [-0.05, 0) is 19.4 Å². The van der Waals surface area contributed by atoms with Crippen LogP contribution >= 0.6 is 0 Å². The van der Waals surface area contributed by atoms with Gasteiger partial charge in [-0.1, -0.05) is 6.92 Å². The summed E-state index contributed by atoms with van der Waals surface area (Å²) in [5.41, 5.74) is -1.58. The third-order valence-corrected chi connectivity index (χ3v) is 2.70. The number of hydrogen-bond acceptors (Lipinski definition) is 5. The first-order valence-corrected chi connectivity index (χ1v) is 5.64. The second-order valence-electron chi connectivity index (χ2n) is 4.38. The van der Waals surface area contributed by atoms with Gasteiger partial charge in [-0.2, -0.15) is 0 Å². The van der Waals surface area contributed by atoms with Gasteiger partial charge in [0, 0.05) is 12.1 Å². The molecule has 0 heterocycles. The smallest absolute Gasteiger partial charge is 0.335 e. The van der Waals surface area contributed by atoms with E-state index in [1.54, 1.807) is 6.92 Å². The third-order valence-electron chi connectivity index (χ3n) is 2.70. The summed E-state index contributed by atoms with van der Waals surface area (Å²) in [5, 5.41) is 29.4. The van der Waals surface area contributed by atoms with Gasteiger partial charge in [0.05, 0.1) is 16.1 Å². The van der Waals surface area contributed by atoms with E-state index in [1.807, 2.05) is 0 Å². The van der Waals surface area contributed by atoms with Crippen molar-refractivity contribution in [1.82, 2.24) is 0 Å². The molecular formula is C12H15NO6. The van der Waals surface area contributed by atoms with Crippen molar-refractivity contribution in [2.24, 2.45) is 0 Å². The number of carboxylic acids is 1. The number of hydrogen-bond donors (Lipinski definition) is 2. The molecular weight excluding hydrogens is 254 g/mol. The van der Waals surface area contributed by atoms with Crippen LogP contribution in [0.5, 0.6) is 5.75 Å². The number of ether oxygens (including phenoxy) is 1. The van der Waals surface area contributed by atoms with Gasteiger partial charge in [0.25, 0.3) is 0 Å². The monoisotopic (exact) mass is 269 g/mol. The van der Waals surface area contributed by atoms with E-state index in [9.17, 15) is 20.0 Å². The molecule has 0 aliphatic heterocycles. The van der Waals surface area contributed by atoms with Crippen molar-refractivity contribution in [2.75, 3.05) is 6.61 Å². The quantitative estimate of drug-likeness (QED) is 0.602. The van der Waals surface area contributed by atoms with Crippen molar-refractivity contribution in [3.63, 3.8) is 0 Å². The maximum absolute atomic E-state index is 10.8. The molecule has 7 nitrogen and oxygen atoms in total. The van der Waals surface area contributed by atoms with Crippen LogP contribution in [0, 0.1) is 10.1 Å². The van der Waals surface area contributed by atoms with E-state index in [-0.39, 0.29) is 23.6 Å². The summed E-state index contributed by atoms with van der Waals surface area (Å²) in [5.74, 6) is -1.37. The SMILES string of the molecule is CCC(C)(O)COc1cc(C(=O)O)ccc1[N+](=O)[O-]. The molecule has 1 atom stereocenters. The standard InChI is InChI=1S/C12H15NO6/c1-3-12(2,16)7-19-10-6-8(11(14)15)4-5-9(10)13(17)18/h4-6,16H,3,7H2,1-2H3,(H,14,15). The largest absolute Gasteiger partial charge is 0.484 e. The molecule has 0 aliphatic rings. The summed E-state index contributed by atoms with van der Waals surface area (Å²) in [6.07, 6.45) is 0.402. The van der Waals surface area contributed by atoms with Crippen LogP contribution in [0.25, 0.3) is 0 Å². The number of carbonyl (C=O) groups is 1. The average Bonchev–Trinajstić information content (AvgIpc) is 2.35. The summed E-state index contributed by atoms with van der Waals surface area (Å²) >= 11 is 0. The highest BCUT2D eigenvalue weighted by atomic mass is 16.6. The fourth-order valence-electron chi connectivity index (χ4n) is 1.25. The number of nitro groups is 1. The van der Waals surface area contributed by atoms with Gasteiger partial charge in [-0.25, -0.2) is 4.79 Å². The number of rotatable bonds is 6. The van der Waals surface area contributed by atoms with Crippen molar-refractivity contribution >= 4 is 11.7 Å². The summed E-state index contributed by atoms with van der Waals surface area (Å²) in [6.45, 7) is 3.11. The lowest BCUT2D eigenvalue weighted by atomic mass is 10.1. The molecule has 1 aromatic carbocycles. The third kappa shape index (κ3) is 3.92. The molecule has 19 heavy (non-hydrogen) atoms. The van der Waals surface area contributed by atoms with Gasteiger partial charge >= 0.3 is 11.7 Å². The molecule has 2 N–H and O–H groups in total. The van der Waals surface area contributed by atoms with E-state index in [2.05, 4.69) is 0 Å². The molecule has 1 rings (SSSR count). The zero-order valence-electron chi connectivity index (χ0n) is 10.6. The lowest BCUT2D eigenvalue weighted by molar-refractivity contribution is -0.386. The molecule has 104 valence electrons. The molecule has 0 bridgehead atoms. The van der Waals surface area contributed by atoms with Gasteiger partial charge in [0.1, 0.15) is 6.61 Å². The number of carboxylic acid groups (broad SMARTS) is 1. The number of nitro benzene ring substituents is 1. The van der Waals surface area contributed by atoms with E-state index >= 15 is 0 Å². The predicted molar refractivity (Wildman–Crippen MR) is 66.5 cm³/mol. The highest BCUT2D eigenvalue weighted by Crippen LogP contribution is 2.29. The topological polar surface area (TPSA) is 110 Å². The van der Waals surface area contributed by atoms with Crippen LogP contribution in [0.15, 0.2) is 18.2 Å². The fraction of sp³-hybridized carbons (Fsp3) is 0.417. The Bertz CT molecular complexity index is 497. The van der Waals surface area contributed by atoms with E-state index in [1.165, 1.54) is 6.92 Å². The Morgan fingerprint density at radius 3 is 2.63 bits per heavy atom. The normalized spacial score (nSPS) is 13.6. The van der Waals surface area contributed by atoms with E-state index < -0.39 is 16.5 Å². The summed E-state index contributed by atoms with van der Waals surface area (Å²) in [4.78, 5) is 21.0. The van der Waals surface area contributed by atoms with Crippen LogP contribution in [-0.4, -0.2) is 33.3 Å². The van der Waals surface area contributed by atoms with Crippen LogP contribution in [0.3, 0.4) is 0 Å². The lowest BCUT2D eigenvalue weighted by Gasteiger charge is -2.21. The van der Waals surface area contributed by atoms with Gasteiger partial charge in [0.15, 0.2) is 5.75 Å². The Hall–Kier alpha value is -2.15. The Balaban J connectivity index is 3.04. The summed E-state index contributed by atoms with van der Waals surface area (Å²) in [6, 6.07) is 3.27. The molecule has 0 spiro atoms. The van der Waals surface area contributed by atoms with Crippen molar-refractivity contribution in [1.29, 1.82) is 0 Å². The van der Waals surface area contributed by atoms with Crippen LogP contribution in [0.4, 0.5) is 5.69 Å². The van der Waals surface area contributed by atoms with Crippen molar-refractivity contribution in [2.45, 2.75) is 25.9 Å². The van der Waals surface area contributed by atoms with Gasteiger partial charge in [-0.15, -0.1) is 0 Å². The molecule has 0 saturated heterocycles. The fourth-order valence-corrected chi connectivity index (χ4v) is 1.25. The van der Waals surface area contributed by atoms with Gasteiger partial charge in [-0.3, -0.25) is 10.1 Å². The molecule has 0 aromatic heterocycles. The Morgan fingerprint density at radius 2 is 2.16 bits per heavy atom. The minimum atomic E-state index is -1.21. The number of aliphatic hydroxyl groups is 1. The highest BCUT2D eigenvalue weighted by molar-refractivity contribution is 5.88. The second-order valence-corrected chi connectivity index (χ2v) is 4.38. The molecule has 0 fully saturated rings. The van der Waals surface area contributed by atoms with Crippen LogP contribution < -0.4 is 4.74 Å². The Labute approximate surface area is 109 Å². The zero-order valence-corrected chi connectivity index (χ0v) is 10.6. The first-order chi connectivity index (χ1) is 8.76. The minimum absolute atomic E-state index is 0.114. The minimum Gasteiger partial charge on any atom is -0.484 e. The highest BCUT2D eigenvalue weighted by Gasteiger charge is 2.23. The first kappa shape index (κ1) is 14.9. The summed E-state index contributed by atoms with van der Waals surface area (Å²) < 4.78 is 5.19. The van der Waals surface area contributed by atoms with Crippen LogP contribution in [0.1, 0.15) is 30.6 Å². The van der Waals surface area contributed by atoms with Gasteiger partial charge < -0.3 is 14.9 Å². The Kier molecular flexibility index (Phi) is 4.44. The van der Waals surface area contributed by atoms with E-state index in [0.29, 0.717) is 6.42 Å². The van der Waals surface area contributed by atoms with Gasteiger partial charge in [0.2, 0.25) is 0 Å². The second kappa shape index (κ2) is 5.66. The Morgan fingerprint density at radius 1 is 1.53 bits per heavy atom. The molecule has 0 aliphatic carbocycles. The lowest BCUT2D eigenvalue weighted by Crippen LogP contribution is -2.31. The first-order valence-electron chi connectivity index (χ1n) is 5.64. The van der Waals surface area contributed by atoms with Crippen molar-refractivity contribution < 1.29 is 24.7 Å². The number of benzene rings is 1. The maximum Gasteiger partial charge on any atom is 0.335 e. The van der Waals surface area contributed by atoms with E-state index in [4.69, 9.17) is 9.84 Å². The number of aromatic carboxylic acids is 1. The zero-order chi connectivity index (χ0) is 14.6. The van der Waals surface area contributed by atoms with Crippen molar-refractivity contribution in [3.8, 4) is 5.75 Å². The number of nitrogens with zero attached hydrogens (tertiary/aromatic N) is 1. The molecule has 0 amide bonds. The predicted octanol–water partition coefficient (Wildman–Crippen LogP) is 1.83. The van der Waals surface area contributed by atoms with Crippen molar-refractivity contribution in [3.05, 3.63) is 33.9 Å².